The van der Waals surface area contributed by atoms with Crippen molar-refractivity contribution in [3.05, 3.63) is 36.1 Å². The minimum Gasteiger partial charge on any atom is -0.483 e. The van der Waals surface area contributed by atoms with Crippen molar-refractivity contribution in [2.45, 2.75) is 65.0 Å². The van der Waals surface area contributed by atoms with Crippen LogP contribution in [0.15, 0.2) is 30.2 Å². The van der Waals surface area contributed by atoms with Crippen molar-refractivity contribution in [3.8, 4) is 0 Å². The van der Waals surface area contributed by atoms with Crippen LogP contribution >= 0.6 is 0 Å². The van der Waals surface area contributed by atoms with Crippen molar-refractivity contribution in [1.29, 1.82) is 0 Å². The van der Waals surface area contributed by atoms with Crippen LogP contribution in [-0.4, -0.2) is 56.3 Å². The van der Waals surface area contributed by atoms with Crippen molar-refractivity contribution in [1.82, 2.24) is 25.2 Å². The molecule has 38 heavy (non-hydrogen) atoms. The molecule has 0 radical (unpaired) electrons. The molecule has 7 atom stereocenters. The second-order valence-electron chi connectivity index (χ2n) is 11.8. The molecule has 6 rings (SSSR count). The van der Waals surface area contributed by atoms with Crippen LogP contribution < -0.4 is 5.32 Å². The monoisotopic (exact) mass is 525 g/mol. The molecule has 4 aliphatic rings. The van der Waals surface area contributed by atoms with Gasteiger partial charge in [0, 0.05) is 30.6 Å². The first-order chi connectivity index (χ1) is 18.1. The van der Waals surface area contributed by atoms with Gasteiger partial charge in [0.25, 0.3) is 12.4 Å². The Morgan fingerprint density at radius 2 is 2.03 bits per heavy atom. The Morgan fingerprint density at radius 1 is 1.26 bits per heavy atom. The summed E-state index contributed by atoms with van der Waals surface area (Å²) in [5.41, 5.74) is 1.13. The summed E-state index contributed by atoms with van der Waals surface area (Å²) < 4.78 is 14.6. The van der Waals surface area contributed by atoms with E-state index in [9.17, 15) is 14.0 Å². The zero-order valence-corrected chi connectivity index (χ0v) is 22.1. The van der Waals surface area contributed by atoms with E-state index < -0.39 is 11.7 Å². The average molecular weight is 526 g/mol. The molecule has 0 unspecified atom stereocenters. The number of amides is 2. The molecule has 3 fully saturated rings. The second-order valence-corrected chi connectivity index (χ2v) is 11.8. The molecule has 0 bridgehead atoms. The third-order valence-corrected chi connectivity index (χ3v) is 10.2. The Kier molecular flexibility index (Phi) is 6.77. The molecule has 0 spiro atoms. The van der Waals surface area contributed by atoms with Gasteiger partial charge in [-0.15, -0.1) is 0 Å². The lowest BCUT2D eigenvalue weighted by atomic mass is 9.47. The molecule has 3 N–H and O–H groups in total. The molecule has 0 saturated heterocycles. The van der Waals surface area contributed by atoms with Crippen LogP contribution in [0, 0.1) is 34.5 Å². The molecular formula is C28H36FN5O4. The van der Waals surface area contributed by atoms with E-state index in [2.05, 4.69) is 34.1 Å². The van der Waals surface area contributed by atoms with Gasteiger partial charge >= 0.3 is 0 Å². The Morgan fingerprint density at radius 3 is 2.76 bits per heavy atom. The van der Waals surface area contributed by atoms with Gasteiger partial charge in [-0.25, -0.2) is 14.4 Å². The van der Waals surface area contributed by atoms with Gasteiger partial charge in [-0.05, 0) is 79.9 Å². The van der Waals surface area contributed by atoms with E-state index in [0.717, 1.165) is 44.0 Å². The summed E-state index contributed by atoms with van der Waals surface area (Å²) in [6.45, 7) is 4.57. The lowest BCUT2D eigenvalue weighted by Gasteiger charge is -2.60. The molecule has 2 aromatic rings. The number of likely N-dealkylation sites (N-methyl/N-ethyl adjacent to an activating group) is 1. The Balaban J connectivity index is 0.000000937. The zero-order valence-electron chi connectivity index (χ0n) is 22.1. The van der Waals surface area contributed by atoms with Crippen LogP contribution in [0.3, 0.4) is 0 Å². The second kappa shape index (κ2) is 9.78. The molecule has 1 aliphatic heterocycles. The SMILES string of the molecule is CN1C(=O)C(F)=C[C@]2(C)[C@H]3CC[C@]4(C)[C@@H](C(=O)NCc5nc6ncccc6[nH]5)CC[C@H]4[C@@H]3CC[C@@H]12.O=CO. The molecule has 3 heterocycles. The van der Waals surface area contributed by atoms with Crippen LogP contribution in [0.25, 0.3) is 11.2 Å². The van der Waals surface area contributed by atoms with Crippen LogP contribution in [-0.2, 0) is 20.9 Å². The van der Waals surface area contributed by atoms with Gasteiger partial charge in [0.05, 0.1) is 12.1 Å². The molecule has 9 nitrogen and oxygen atoms in total. The lowest BCUT2D eigenvalue weighted by molar-refractivity contribution is -0.145. The fourth-order valence-corrected chi connectivity index (χ4v) is 8.53. The number of halogens is 1. The maximum atomic E-state index is 14.6. The average Bonchev–Trinajstić information content (AvgIpc) is 3.47. The lowest BCUT2D eigenvalue weighted by Crippen LogP contribution is -2.60. The highest BCUT2D eigenvalue weighted by atomic mass is 19.1. The summed E-state index contributed by atoms with van der Waals surface area (Å²) in [5, 5.41) is 10.0. The van der Waals surface area contributed by atoms with E-state index >= 15 is 0 Å². The Hall–Kier alpha value is -3.30. The molecule has 2 amide bonds. The van der Waals surface area contributed by atoms with E-state index in [4.69, 9.17) is 9.90 Å². The number of aromatic nitrogens is 3. The first-order valence-corrected chi connectivity index (χ1v) is 13.4. The highest BCUT2D eigenvalue weighted by Crippen LogP contribution is 2.65. The predicted octanol–water partition coefficient (Wildman–Crippen LogP) is 3.83. The maximum absolute atomic E-state index is 14.6. The molecule has 3 saturated carbocycles. The summed E-state index contributed by atoms with van der Waals surface area (Å²) in [7, 11) is 1.75. The van der Waals surface area contributed by atoms with Crippen molar-refractivity contribution < 1.29 is 23.9 Å². The first-order valence-electron chi connectivity index (χ1n) is 13.4. The molecule has 2 aromatic heterocycles. The minimum atomic E-state index is -0.607. The number of carboxylic acid groups (broad SMARTS) is 1. The third-order valence-electron chi connectivity index (χ3n) is 10.2. The van der Waals surface area contributed by atoms with Gasteiger partial charge in [0.2, 0.25) is 5.91 Å². The molecule has 10 heteroatoms. The van der Waals surface area contributed by atoms with E-state index in [1.165, 1.54) is 0 Å². The Labute approximate surface area is 221 Å². The van der Waals surface area contributed by atoms with Crippen LogP contribution in [0.5, 0.6) is 0 Å². The number of pyridine rings is 1. The number of nitrogens with one attached hydrogen (secondary N) is 2. The van der Waals surface area contributed by atoms with Gasteiger partial charge in [-0.2, -0.15) is 0 Å². The van der Waals surface area contributed by atoms with E-state index in [-0.39, 0.29) is 35.2 Å². The number of aromatic amines is 1. The minimum absolute atomic E-state index is 0.0237. The predicted molar refractivity (Wildman–Crippen MR) is 138 cm³/mol. The summed E-state index contributed by atoms with van der Waals surface area (Å²) in [6.07, 6.45) is 9.14. The largest absolute Gasteiger partial charge is 0.483 e. The standard InChI is InChI=1S/C27H34FN5O2.CH2O2/c1-26-11-10-17-15(6-9-21-27(17,2)13-19(28)25(35)33(21)3)16(26)7-8-18(26)24(34)30-14-22-31-20-5-4-12-29-23(20)32-22;2-1-3/h4-5,12-13,15-18,21H,6-11,14H2,1-3H3,(H,30,34)(H,29,31,32);1H,(H,2,3)/t15-,16-,17-,18+,21+,26-,27+;/m0./s1. The zero-order chi connectivity index (χ0) is 27.2. The van der Waals surface area contributed by atoms with Gasteiger partial charge in [-0.1, -0.05) is 13.8 Å². The van der Waals surface area contributed by atoms with Crippen LogP contribution in [0.4, 0.5) is 4.39 Å². The van der Waals surface area contributed by atoms with Crippen molar-refractivity contribution in [2.24, 2.45) is 34.5 Å². The number of nitrogens with zero attached hydrogens (tertiary/aromatic N) is 3. The number of carbonyl (C=O) groups excluding carboxylic acids is 2. The van der Waals surface area contributed by atoms with Crippen LogP contribution in [0.2, 0.25) is 0 Å². The van der Waals surface area contributed by atoms with E-state index in [0.29, 0.717) is 35.8 Å². The molecule has 0 aromatic carbocycles. The highest BCUT2D eigenvalue weighted by Gasteiger charge is 2.62. The number of rotatable bonds is 3. The number of carbonyl (C=O) groups is 3. The summed E-state index contributed by atoms with van der Waals surface area (Å²) in [6, 6.07) is 3.84. The van der Waals surface area contributed by atoms with Gasteiger partial charge in [-0.3, -0.25) is 14.4 Å². The summed E-state index contributed by atoms with van der Waals surface area (Å²) in [5.74, 6) is 0.954. The van der Waals surface area contributed by atoms with Crippen LogP contribution in [0.1, 0.15) is 58.2 Å². The van der Waals surface area contributed by atoms with Gasteiger partial charge in [0.1, 0.15) is 5.82 Å². The summed E-state index contributed by atoms with van der Waals surface area (Å²) in [4.78, 5) is 47.6. The van der Waals surface area contributed by atoms with Gasteiger partial charge < -0.3 is 20.3 Å². The number of H-pyrrole nitrogens is 1. The quantitative estimate of drug-likeness (QED) is 0.523. The number of hydrogen-bond acceptors (Lipinski definition) is 5. The molecular weight excluding hydrogens is 489 g/mol. The van der Waals surface area contributed by atoms with Crippen molar-refractivity contribution >= 4 is 29.5 Å². The van der Waals surface area contributed by atoms with Crippen molar-refractivity contribution in [3.63, 3.8) is 0 Å². The topological polar surface area (TPSA) is 128 Å². The number of imidazole rings is 1. The van der Waals surface area contributed by atoms with Crippen molar-refractivity contribution in [2.75, 3.05) is 7.05 Å². The molecule has 3 aliphatic carbocycles. The summed E-state index contributed by atoms with van der Waals surface area (Å²) >= 11 is 0. The number of fused-ring (bicyclic) bond motifs is 6. The van der Waals surface area contributed by atoms with E-state index in [1.54, 1.807) is 24.2 Å². The first kappa shape index (κ1) is 26.3. The fraction of sp³-hybridized carbons (Fsp3) is 0.607. The third kappa shape index (κ3) is 4.08. The fourth-order valence-electron chi connectivity index (χ4n) is 8.53. The molecule has 204 valence electrons. The normalized spacial score (nSPS) is 35.8. The van der Waals surface area contributed by atoms with Gasteiger partial charge in [0.15, 0.2) is 11.5 Å². The smallest absolute Gasteiger partial charge is 0.290 e. The Bertz CT molecular complexity index is 1250. The van der Waals surface area contributed by atoms with E-state index in [1.807, 2.05) is 12.1 Å². The maximum Gasteiger partial charge on any atom is 0.290 e. The highest BCUT2D eigenvalue weighted by molar-refractivity contribution is 5.92. The number of hydrogen-bond donors (Lipinski definition) is 3.